The summed E-state index contributed by atoms with van der Waals surface area (Å²) in [6.45, 7) is 2.15. The van der Waals surface area contributed by atoms with Crippen LogP contribution < -0.4 is 15.0 Å². The molecule has 2 aromatic carbocycles. The predicted octanol–water partition coefficient (Wildman–Crippen LogP) is 5.53. The van der Waals surface area contributed by atoms with Crippen LogP contribution in [0.3, 0.4) is 0 Å². The third kappa shape index (κ3) is 4.23. The first-order valence-corrected chi connectivity index (χ1v) is 14.0. The van der Waals surface area contributed by atoms with Gasteiger partial charge in [0.25, 0.3) is 11.8 Å². The lowest BCUT2D eigenvalue weighted by Gasteiger charge is -2.57. The predicted molar refractivity (Wildman–Crippen MR) is 147 cm³/mol. The first kappa shape index (κ1) is 24.5. The fraction of sp³-hybridized carbons (Fsp3) is 0.414. The topological polar surface area (TPSA) is 95.9 Å². The standard InChI is InChI=1S/C29H29IN2O5/c1-2-37-24-12-16(11-23(30)25(24)33)10-22-26(34)31-28(36)32(27(22)35)21-5-3-20(4-6-21)29-13-17-7-18(14-29)9-19(8-17)15-29/h3-6,10-12,17-19,33H,2,7-9,13-15H2,1H3,(H,31,34,36)/b22-10+. The molecule has 2 aromatic rings. The Morgan fingerprint density at radius 3 is 2.27 bits per heavy atom. The minimum Gasteiger partial charge on any atom is -0.504 e. The SMILES string of the molecule is CCOc1cc(/C=C2\C(=O)NC(=O)N(c3ccc(C45CC6CC(CC(C6)C4)C5)cc3)C2=O)cc(I)c1O. The zero-order chi connectivity index (χ0) is 25.9. The van der Waals surface area contributed by atoms with E-state index in [1.54, 1.807) is 19.1 Å². The lowest BCUT2D eigenvalue weighted by atomic mass is 9.48. The summed E-state index contributed by atoms with van der Waals surface area (Å²) in [6, 6.07) is 10.2. The molecule has 5 aliphatic rings. The molecule has 5 fully saturated rings. The number of aromatic hydroxyl groups is 1. The second kappa shape index (κ2) is 9.15. The Bertz CT molecular complexity index is 1300. The summed E-state index contributed by atoms with van der Waals surface area (Å²) in [7, 11) is 0. The first-order chi connectivity index (χ1) is 17.8. The maximum atomic E-state index is 13.4. The van der Waals surface area contributed by atoms with Crippen LogP contribution in [0.5, 0.6) is 11.5 Å². The summed E-state index contributed by atoms with van der Waals surface area (Å²) in [4.78, 5) is 39.8. The molecule has 4 aliphatic carbocycles. The number of phenolic OH excluding ortho intramolecular Hbond substituents is 1. The molecule has 4 amide bonds. The van der Waals surface area contributed by atoms with Crippen molar-refractivity contribution in [3.8, 4) is 11.5 Å². The number of amides is 4. The Morgan fingerprint density at radius 2 is 1.68 bits per heavy atom. The molecule has 7 nitrogen and oxygen atoms in total. The van der Waals surface area contributed by atoms with Crippen molar-refractivity contribution in [1.82, 2.24) is 5.32 Å². The number of imide groups is 2. The molecule has 0 unspecified atom stereocenters. The number of hydrogen-bond donors (Lipinski definition) is 2. The van der Waals surface area contributed by atoms with E-state index >= 15 is 0 Å². The number of carbonyl (C=O) groups is 3. The van der Waals surface area contributed by atoms with E-state index in [0.717, 1.165) is 22.7 Å². The lowest BCUT2D eigenvalue weighted by Crippen LogP contribution is -2.54. The number of nitrogens with zero attached hydrogens (tertiary/aromatic N) is 1. The van der Waals surface area contributed by atoms with Gasteiger partial charge in [0.15, 0.2) is 11.5 Å². The number of carbonyl (C=O) groups excluding carboxylic acids is 3. The molecule has 192 valence electrons. The van der Waals surface area contributed by atoms with Crippen molar-refractivity contribution >= 4 is 52.2 Å². The van der Waals surface area contributed by atoms with Gasteiger partial charge in [0.1, 0.15) is 5.57 Å². The third-order valence-electron chi connectivity index (χ3n) is 8.54. The van der Waals surface area contributed by atoms with E-state index in [9.17, 15) is 19.5 Å². The van der Waals surface area contributed by atoms with Gasteiger partial charge >= 0.3 is 6.03 Å². The summed E-state index contributed by atoms with van der Waals surface area (Å²) in [6.07, 6.45) is 9.23. The van der Waals surface area contributed by atoms with Gasteiger partial charge in [-0.1, -0.05) is 12.1 Å². The van der Waals surface area contributed by atoms with Crippen LogP contribution in [-0.2, 0) is 15.0 Å². The quantitative estimate of drug-likeness (QED) is 0.263. The van der Waals surface area contributed by atoms with E-state index < -0.39 is 17.8 Å². The molecule has 0 aromatic heterocycles. The number of anilines is 1. The van der Waals surface area contributed by atoms with E-state index in [4.69, 9.17) is 4.74 Å². The Kier molecular flexibility index (Phi) is 6.05. The fourth-order valence-electron chi connectivity index (χ4n) is 7.43. The van der Waals surface area contributed by atoms with E-state index in [0.29, 0.717) is 21.4 Å². The summed E-state index contributed by atoms with van der Waals surface area (Å²) >= 11 is 1.96. The maximum Gasteiger partial charge on any atom is 0.335 e. The van der Waals surface area contributed by atoms with E-state index in [1.165, 1.54) is 50.2 Å². The van der Waals surface area contributed by atoms with Crippen LogP contribution in [0.15, 0.2) is 42.0 Å². The molecule has 0 atom stereocenters. The van der Waals surface area contributed by atoms with Gasteiger partial charge in [-0.2, -0.15) is 0 Å². The molecule has 4 saturated carbocycles. The van der Waals surface area contributed by atoms with Crippen LogP contribution >= 0.6 is 22.6 Å². The second-order valence-electron chi connectivity index (χ2n) is 11.0. The molecule has 1 heterocycles. The van der Waals surface area contributed by atoms with Crippen molar-refractivity contribution in [2.45, 2.75) is 50.9 Å². The summed E-state index contributed by atoms with van der Waals surface area (Å²) in [5.74, 6) is 1.30. The van der Waals surface area contributed by atoms with E-state index in [2.05, 4.69) is 17.4 Å². The monoisotopic (exact) mass is 612 g/mol. The highest BCUT2D eigenvalue weighted by atomic mass is 127. The summed E-state index contributed by atoms with van der Waals surface area (Å²) in [5.41, 5.74) is 2.31. The Hall–Kier alpha value is -2.88. The minimum atomic E-state index is -0.759. The Morgan fingerprint density at radius 1 is 1.05 bits per heavy atom. The van der Waals surface area contributed by atoms with Gasteiger partial charge < -0.3 is 9.84 Å². The minimum absolute atomic E-state index is 0.0000562. The van der Waals surface area contributed by atoms with Gasteiger partial charge in [-0.05, 0) is 133 Å². The van der Waals surface area contributed by atoms with Crippen molar-refractivity contribution < 1.29 is 24.2 Å². The molecule has 1 aliphatic heterocycles. The van der Waals surface area contributed by atoms with Gasteiger partial charge in [0, 0.05) is 0 Å². The molecule has 7 rings (SSSR count). The number of rotatable bonds is 5. The molecule has 37 heavy (non-hydrogen) atoms. The molecule has 0 spiro atoms. The summed E-state index contributed by atoms with van der Waals surface area (Å²) in [5, 5.41) is 12.5. The highest BCUT2D eigenvalue weighted by Crippen LogP contribution is 2.60. The molecule has 4 bridgehead atoms. The molecule has 0 radical (unpaired) electrons. The van der Waals surface area contributed by atoms with Gasteiger partial charge in [-0.3, -0.25) is 14.9 Å². The van der Waals surface area contributed by atoms with Crippen LogP contribution in [0.1, 0.15) is 56.6 Å². The number of ether oxygens (including phenoxy) is 1. The fourth-order valence-corrected chi connectivity index (χ4v) is 8.05. The van der Waals surface area contributed by atoms with Gasteiger partial charge in [0.05, 0.1) is 15.9 Å². The largest absolute Gasteiger partial charge is 0.504 e. The Balaban J connectivity index is 1.29. The van der Waals surface area contributed by atoms with Crippen LogP contribution in [0.2, 0.25) is 0 Å². The molecule has 8 heteroatoms. The third-order valence-corrected chi connectivity index (χ3v) is 9.36. The zero-order valence-corrected chi connectivity index (χ0v) is 22.8. The number of barbiturate groups is 1. The number of nitrogens with one attached hydrogen (secondary N) is 1. The molecular formula is C29H29IN2O5. The van der Waals surface area contributed by atoms with Crippen molar-refractivity contribution in [2.75, 3.05) is 11.5 Å². The number of hydrogen-bond acceptors (Lipinski definition) is 5. The lowest BCUT2D eigenvalue weighted by molar-refractivity contribution is -0.122. The van der Waals surface area contributed by atoms with Gasteiger partial charge in [-0.15, -0.1) is 0 Å². The maximum absolute atomic E-state index is 13.4. The van der Waals surface area contributed by atoms with E-state index in [1.807, 2.05) is 34.7 Å². The van der Waals surface area contributed by atoms with Crippen molar-refractivity contribution in [3.05, 3.63) is 56.7 Å². The van der Waals surface area contributed by atoms with Crippen LogP contribution in [-0.4, -0.2) is 29.6 Å². The number of phenols is 1. The average Bonchev–Trinajstić information content (AvgIpc) is 2.84. The van der Waals surface area contributed by atoms with E-state index in [-0.39, 0.29) is 22.5 Å². The molecular weight excluding hydrogens is 583 g/mol. The molecule has 1 saturated heterocycles. The highest BCUT2D eigenvalue weighted by Gasteiger charge is 2.51. The van der Waals surface area contributed by atoms with Crippen LogP contribution in [0.25, 0.3) is 6.08 Å². The number of halogens is 1. The number of urea groups is 1. The highest BCUT2D eigenvalue weighted by molar-refractivity contribution is 14.1. The van der Waals surface area contributed by atoms with Crippen molar-refractivity contribution in [1.29, 1.82) is 0 Å². The second-order valence-corrected chi connectivity index (χ2v) is 12.1. The van der Waals surface area contributed by atoms with Crippen molar-refractivity contribution in [2.24, 2.45) is 17.8 Å². The van der Waals surface area contributed by atoms with Crippen LogP contribution in [0.4, 0.5) is 10.5 Å². The Labute approximate surface area is 229 Å². The first-order valence-electron chi connectivity index (χ1n) is 12.9. The smallest absolute Gasteiger partial charge is 0.335 e. The molecule has 2 N–H and O–H groups in total. The average molecular weight is 612 g/mol. The van der Waals surface area contributed by atoms with Crippen LogP contribution in [0, 0.1) is 21.3 Å². The van der Waals surface area contributed by atoms with Gasteiger partial charge in [0.2, 0.25) is 0 Å². The zero-order valence-electron chi connectivity index (χ0n) is 20.6. The number of benzene rings is 2. The summed E-state index contributed by atoms with van der Waals surface area (Å²) < 4.78 is 5.99. The van der Waals surface area contributed by atoms with Crippen molar-refractivity contribution in [3.63, 3.8) is 0 Å². The van der Waals surface area contributed by atoms with Gasteiger partial charge in [-0.25, -0.2) is 9.69 Å². The normalized spacial score (nSPS) is 29.7.